The fraction of sp³-hybridized carbons (Fsp3) is 0.273. The maximum absolute atomic E-state index is 14.3. The molecule has 0 saturated carbocycles. The van der Waals surface area contributed by atoms with Crippen molar-refractivity contribution in [2.75, 3.05) is 20.1 Å². The zero-order chi connectivity index (χ0) is 30.8. The average Bonchev–Trinajstić information content (AvgIpc) is 3.50. The van der Waals surface area contributed by atoms with Crippen LogP contribution in [0.2, 0.25) is 0 Å². The normalized spacial score (nSPS) is 18.9. The van der Waals surface area contributed by atoms with E-state index in [1.165, 1.54) is 11.3 Å². The summed E-state index contributed by atoms with van der Waals surface area (Å²) in [7, 11) is 1.71. The highest BCUT2D eigenvalue weighted by Gasteiger charge is 2.50. The molecule has 10 nitrogen and oxygen atoms in total. The summed E-state index contributed by atoms with van der Waals surface area (Å²) in [5, 5.41) is 16.5. The molecule has 2 aliphatic heterocycles. The van der Waals surface area contributed by atoms with Crippen LogP contribution in [-0.4, -0.2) is 80.1 Å². The predicted octanol–water partition coefficient (Wildman–Crippen LogP) is 3.91. The van der Waals surface area contributed by atoms with Gasteiger partial charge in [-0.2, -0.15) is 0 Å². The van der Waals surface area contributed by atoms with Gasteiger partial charge in [-0.05, 0) is 40.8 Å². The van der Waals surface area contributed by atoms with Crippen LogP contribution in [-0.2, 0) is 35.5 Å². The van der Waals surface area contributed by atoms with Gasteiger partial charge in [0.25, 0.3) is 0 Å². The van der Waals surface area contributed by atoms with E-state index in [9.17, 15) is 19.5 Å². The van der Waals surface area contributed by atoms with Crippen molar-refractivity contribution in [3.63, 3.8) is 0 Å². The number of likely N-dealkylation sites (N-methyl/N-ethyl adjacent to an activating group) is 1. The Morgan fingerprint density at radius 3 is 2.70 bits per heavy atom. The summed E-state index contributed by atoms with van der Waals surface area (Å²) in [6.07, 6.45) is 1.68. The molecule has 0 aliphatic carbocycles. The van der Waals surface area contributed by atoms with Crippen molar-refractivity contribution >= 4 is 39.4 Å². The summed E-state index contributed by atoms with van der Waals surface area (Å²) in [6, 6.07) is 19.5. The maximum atomic E-state index is 14.3. The Labute approximate surface area is 259 Å². The quantitative estimate of drug-likeness (QED) is 0.293. The molecule has 2 N–H and O–H groups in total. The Bertz CT molecular complexity index is 1710. The number of carbonyl (C=O) groups excluding carboxylic acids is 3. The number of rotatable bonds is 8. The van der Waals surface area contributed by atoms with E-state index in [4.69, 9.17) is 0 Å². The number of allylic oxidation sites excluding steroid dienone is 1. The fourth-order valence-electron chi connectivity index (χ4n) is 6.09. The van der Waals surface area contributed by atoms with E-state index in [2.05, 4.69) is 16.9 Å². The topological polar surface area (TPSA) is 109 Å². The van der Waals surface area contributed by atoms with E-state index >= 15 is 0 Å². The number of para-hydroxylation sites is 1. The van der Waals surface area contributed by atoms with Crippen molar-refractivity contribution < 1.29 is 19.5 Å². The standard InChI is InChI=1S/C33H34N6O4S/c1-3-8-24-15-23(13-14-27(24)40)16-26-32(42)37(18-25-11-7-12-28-31(25)35-21-44-28)19-29-38(26)30(41)20-36(2)39(29)33(43)34-17-22-9-5-4-6-10-22/h3-7,9-15,21,26,29,40H,1,8,16-20H2,2H3,(H,34,43)/t26-,29-/m0/s1. The number of amides is 4. The van der Waals surface area contributed by atoms with Gasteiger partial charge >= 0.3 is 6.03 Å². The Morgan fingerprint density at radius 2 is 1.91 bits per heavy atom. The molecule has 4 aromatic rings. The molecule has 0 unspecified atom stereocenters. The van der Waals surface area contributed by atoms with Crippen LogP contribution in [0.5, 0.6) is 5.75 Å². The number of phenols is 1. The third-order valence-corrected chi connectivity index (χ3v) is 8.97. The molecule has 11 heteroatoms. The number of thiazole rings is 1. The molecule has 1 aromatic heterocycles. The van der Waals surface area contributed by atoms with Crippen LogP contribution in [0.25, 0.3) is 10.2 Å². The zero-order valence-corrected chi connectivity index (χ0v) is 25.2. The number of carbonyl (C=O) groups is 3. The molecule has 44 heavy (non-hydrogen) atoms. The first-order valence-corrected chi connectivity index (χ1v) is 15.4. The number of fused-ring (bicyclic) bond motifs is 2. The third kappa shape index (κ3) is 5.76. The van der Waals surface area contributed by atoms with Gasteiger partial charge in [0, 0.05) is 26.6 Å². The number of piperazine rings is 1. The lowest BCUT2D eigenvalue weighted by molar-refractivity contribution is -0.187. The molecular weight excluding hydrogens is 576 g/mol. The first-order valence-electron chi connectivity index (χ1n) is 14.5. The second kappa shape index (κ2) is 12.5. The Hall–Kier alpha value is -4.74. The SMILES string of the molecule is C=CCc1cc(C[C@H]2C(=O)N(Cc3cccc4scnc34)C[C@H]3N2C(=O)CN(C)N3C(=O)NCc2ccccc2)ccc1O. The van der Waals surface area contributed by atoms with Gasteiger partial charge in [-0.25, -0.2) is 19.8 Å². The highest BCUT2D eigenvalue weighted by Crippen LogP contribution is 2.31. The smallest absolute Gasteiger partial charge is 0.334 e. The first kappa shape index (κ1) is 29.3. The average molecular weight is 611 g/mol. The number of urea groups is 1. The minimum absolute atomic E-state index is 0.0472. The van der Waals surface area contributed by atoms with Crippen molar-refractivity contribution in [1.82, 2.24) is 30.1 Å². The molecule has 3 aromatic carbocycles. The van der Waals surface area contributed by atoms with Gasteiger partial charge in [0.1, 0.15) is 18.0 Å². The van der Waals surface area contributed by atoms with Gasteiger partial charge in [0.2, 0.25) is 11.8 Å². The number of nitrogens with one attached hydrogen (secondary N) is 1. The lowest BCUT2D eigenvalue weighted by Gasteiger charge is -2.54. The summed E-state index contributed by atoms with van der Waals surface area (Å²) in [6.45, 7) is 4.48. The zero-order valence-electron chi connectivity index (χ0n) is 24.4. The van der Waals surface area contributed by atoms with Gasteiger partial charge in [0.15, 0.2) is 0 Å². The van der Waals surface area contributed by atoms with Crippen LogP contribution in [0.3, 0.4) is 0 Å². The van der Waals surface area contributed by atoms with Crippen LogP contribution in [0.4, 0.5) is 4.79 Å². The molecule has 2 saturated heterocycles. The number of benzene rings is 3. The summed E-state index contributed by atoms with van der Waals surface area (Å²) in [5.74, 6) is -0.278. The van der Waals surface area contributed by atoms with E-state index in [1.54, 1.807) is 50.6 Å². The maximum Gasteiger partial charge on any atom is 0.334 e. The molecule has 0 radical (unpaired) electrons. The van der Waals surface area contributed by atoms with E-state index in [1.807, 2.05) is 54.6 Å². The summed E-state index contributed by atoms with van der Waals surface area (Å²) >= 11 is 1.54. The number of hydrogen-bond acceptors (Lipinski definition) is 7. The van der Waals surface area contributed by atoms with Crippen molar-refractivity contribution in [2.24, 2.45) is 0 Å². The summed E-state index contributed by atoms with van der Waals surface area (Å²) in [5.41, 5.74) is 5.97. The van der Waals surface area contributed by atoms with Gasteiger partial charge in [-0.1, -0.05) is 60.7 Å². The fourth-order valence-corrected chi connectivity index (χ4v) is 6.81. The highest BCUT2D eigenvalue weighted by atomic mass is 32.1. The van der Waals surface area contributed by atoms with Crippen LogP contribution >= 0.6 is 11.3 Å². The van der Waals surface area contributed by atoms with Gasteiger partial charge in [-0.3, -0.25) is 9.59 Å². The van der Waals surface area contributed by atoms with Crippen molar-refractivity contribution in [2.45, 2.75) is 38.1 Å². The third-order valence-electron chi connectivity index (χ3n) is 8.18. The van der Waals surface area contributed by atoms with Gasteiger partial charge < -0.3 is 20.2 Å². The van der Waals surface area contributed by atoms with Crippen molar-refractivity contribution in [1.29, 1.82) is 0 Å². The molecule has 3 heterocycles. The van der Waals surface area contributed by atoms with E-state index < -0.39 is 12.2 Å². The molecule has 226 valence electrons. The molecule has 4 amide bonds. The lowest BCUT2D eigenvalue weighted by atomic mass is 9.96. The summed E-state index contributed by atoms with van der Waals surface area (Å²) < 4.78 is 1.03. The first-order chi connectivity index (χ1) is 21.3. The largest absolute Gasteiger partial charge is 0.508 e. The second-order valence-corrected chi connectivity index (χ2v) is 12.0. The number of hydrogen-bond donors (Lipinski definition) is 2. The number of aromatic nitrogens is 1. The Balaban J connectivity index is 1.35. The van der Waals surface area contributed by atoms with Crippen LogP contribution in [0.15, 0.2) is 84.9 Å². The molecule has 6 rings (SSSR count). The molecule has 2 atom stereocenters. The minimum atomic E-state index is -0.852. The van der Waals surface area contributed by atoms with Gasteiger partial charge in [0.05, 0.1) is 28.8 Å². The molecule has 2 fully saturated rings. The molecule has 0 bridgehead atoms. The van der Waals surface area contributed by atoms with Gasteiger partial charge in [-0.15, -0.1) is 17.9 Å². The highest BCUT2D eigenvalue weighted by molar-refractivity contribution is 7.16. The van der Waals surface area contributed by atoms with Crippen LogP contribution < -0.4 is 5.32 Å². The van der Waals surface area contributed by atoms with Crippen LogP contribution in [0.1, 0.15) is 22.3 Å². The number of phenolic OH excluding ortho intramolecular Hbond substituents is 1. The van der Waals surface area contributed by atoms with Crippen molar-refractivity contribution in [3.05, 3.63) is 107 Å². The number of aromatic hydroxyl groups is 1. The monoisotopic (exact) mass is 610 g/mol. The molecule has 0 spiro atoms. The Morgan fingerprint density at radius 1 is 1.09 bits per heavy atom. The second-order valence-electron chi connectivity index (χ2n) is 11.1. The van der Waals surface area contributed by atoms with Crippen molar-refractivity contribution in [3.8, 4) is 5.75 Å². The minimum Gasteiger partial charge on any atom is -0.508 e. The van der Waals surface area contributed by atoms with E-state index in [-0.39, 0.29) is 49.7 Å². The van der Waals surface area contributed by atoms with Crippen LogP contribution in [0, 0.1) is 0 Å². The molecular formula is C33H34N6O4S. The lowest BCUT2D eigenvalue weighted by Crippen LogP contribution is -2.76. The Kier molecular flexibility index (Phi) is 8.32. The predicted molar refractivity (Wildman–Crippen MR) is 168 cm³/mol. The van der Waals surface area contributed by atoms with E-state index in [0.717, 1.165) is 26.9 Å². The number of hydrazine groups is 1. The van der Waals surface area contributed by atoms with E-state index in [0.29, 0.717) is 18.5 Å². The summed E-state index contributed by atoms with van der Waals surface area (Å²) in [4.78, 5) is 49.5. The molecule has 2 aliphatic rings. The number of nitrogens with zero attached hydrogens (tertiary/aromatic N) is 5.